The molecule has 0 aliphatic carbocycles. The van der Waals surface area contributed by atoms with Crippen molar-refractivity contribution in [2.75, 3.05) is 13.2 Å². The molecule has 80 valence electrons. The molecule has 1 unspecified atom stereocenters. The first-order valence-corrected chi connectivity index (χ1v) is 5.31. The summed E-state index contributed by atoms with van der Waals surface area (Å²) in [7, 11) is 0. The standard InChI is InChI=1S/C11H25NO/c1-5-6-8-13-9-7-10(12)11(2,3)4/h10H,5-9,12H2,1-4H3. The molecule has 2 N–H and O–H groups in total. The summed E-state index contributed by atoms with van der Waals surface area (Å²) < 4.78 is 5.46. The number of hydrogen-bond acceptors (Lipinski definition) is 2. The fourth-order valence-corrected chi connectivity index (χ4v) is 0.992. The van der Waals surface area contributed by atoms with Crippen molar-refractivity contribution in [3.05, 3.63) is 0 Å². The van der Waals surface area contributed by atoms with E-state index in [1.165, 1.54) is 6.42 Å². The molecule has 0 amide bonds. The maximum Gasteiger partial charge on any atom is 0.0480 e. The summed E-state index contributed by atoms with van der Waals surface area (Å²) in [5.74, 6) is 0. The van der Waals surface area contributed by atoms with Gasteiger partial charge in [0.2, 0.25) is 0 Å². The van der Waals surface area contributed by atoms with Gasteiger partial charge >= 0.3 is 0 Å². The predicted octanol–water partition coefficient (Wildman–Crippen LogP) is 2.57. The second-order valence-corrected chi connectivity index (χ2v) is 4.73. The van der Waals surface area contributed by atoms with Crippen LogP contribution in [0.3, 0.4) is 0 Å². The molecule has 0 bridgehead atoms. The monoisotopic (exact) mass is 187 g/mol. The van der Waals surface area contributed by atoms with Gasteiger partial charge in [0.25, 0.3) is 0 Å². The fourth-order valence-electron chi connectivity index (χ4n) is 0.992. The van der Waals surface area contributed by atoms with Crippen LogP contribution in [-0.4, -0.2) is 19.3 Å². The zero-order valence-electron chi connectivity index (χ0n) is 9.60. The molecule has 0 aromatic heterocycles. The summed E-state index contributed by atoms with van der Waals surface area (Å²) in [5.41, 5.74) is 6.19. The minimum Gasteiger partial charge on any atom is -0.381 e. The van der Waals surface area contributed by atoms with Crippen LogP contribution >= 0.6 is 0 Å². The van der Waals surface area contributed by atoms with E-state index in [0.717, 1.165) is 26.1 Å². The Morgan fingerprint density at radius 1 is 1.23 bits per heavy atom. The van der Waals surface area contributed by atoms with E-state index in [0.29, 0.717) is 0 Å². The maximum atomic E-state index is 5.99. The van der Waals surface area contributed by atoms with Crippen LogP contribution in [0.4, 0.5) is 0 Å². The highest BCUT2D eigenvalue weighted by Crippen LogP contribution is 2.19. The summed E-state index contributed by atoms with van der Waals surface area (Å²) in [4.78, 5) is 0. The van der Waals surface area contributed by atoms with Gasteiger partial charge in [0.15, 0.2) is 0 Å². The van der Waals surface area contributed by atoms with Gasteiger partial charge in [0.05, 0.1) is 0 Å². The molecule has 0 aromatic rings. The van der Waals surface area contributed by atoms with Crippen molar-refractivity contribution in [3.63, 3.8) is 0 Å². The molecule has 0 aromatic carbocycles. The van der Waals surface area contributed by atoms with Crippen molar-refractivity contribution in [2.24, 2.45) is 11.1 Å². The molecule has 0 aliphatic rings. The molecular weight excluding hydrogens is 162 g/mol. The van der Waals surface area contributed by atoms with Crippen LogP contribution in [0.15, 0.2) is 0 Å². The molecule has 0 fully saturated rings. The highest BCUT2D eigenvalue weighted by Gasteiger charge is 2.19. The van der Waals surface area contributed by atoms with Gasteiger partial charge in [-0.25, -0.2) is 0 Å². The average Bonchev–Trinajstić information content (AvgIpc) is 2.02. The third-order valence-electron chi connectivity index (χ3n) is 2.33. The molecule has 0 radical (unpaired) electrons. The van der Waals surface area contributed by atoms with Crippen molar-refractivity contribution >= 4 is 0 Å². The first kappa shape index (κ1) is 12.9. The van der Waals surface area contributed by atoms with Gasteiger partial charge in [-0.1, -0.05) is 34.1 Å². The van der Waals surface area contributed by atoms with Crippen LogP contribution in [0.5, 0.6) is 0 Å². The van der Waals surface area contributed by atoms with Crippen molar-refractivity contribution in [1.29, 1.82) is 0 Å². The molecule has 2 heteroatoms. The lowest BCUT2D eigenvalue weighted by molar-refractivity contribution is 0.113. The van der Waals surface area contributed by atoms with Gasteiger partial charge < -0.3 is 10.5 Å². The summed E-state index contributed by atoms with van der Waals surface area (Å²) in [6.45, 7) is 10.4. The number of rotatable bonds is 6. The highest BCUT2D eigenvalue weighted by molar-refractivity contribution is 4.76. The second-order valence-electron chi connectivity index (χ2n) is 4.73. The Kier molecular flexibility index (Phi) is 6.35. The van der Waals surface area contributed by atoms with Gasteiger partial charge in [0, 0.05) is 19.3 Å². The molecule has 0 saturated heterocycles. The van der Waals surface area contributed by atoms with Gasteiger partial charge in [-0.05, 0) is 18.3 Å². The minimum absolute atomic E-state index is 0.202. The minimum atomic E-state index is 0.202. The van der Waals surface area contributed by atoms with E-state index in [9.17, 15) is 0 Å². The summed E-state index contributed by atoms with van der Waals surface area (Å²) >= 11 is 0. The van der Waals surface area contributed by atoms with E-state index >= 15 is 0 Å². The number of hydrogen-bond donors (Lipinski definition) is 1. The van der Waals surface area contributed by atoms with Crippen LogP contribution in [0.25, 0.3) is 0 Å². The molecule has 2 nitrogen and oxygen atoms in total. The molecule has 0 heterocycles. The van der Waals surface area contributed by atoms with E-state index in [2.05, 4.69) is 27.7 Å². The molecule has 0 spiro atoms. The third kappa shape index (κ3) is 7.03. The van der Waals surface area contributed by atoms with Crippen LogP contribution in [0.1, 0.15) is 47.0 Å². The topological polar surface area (TPSA) is 35.2 Å². The lowest BCUT2D eigenvalue weighted by Crippen LogP contribution is -2.35. The Bertz CT molecular complexity index is 118. The number of unbranched alkanes of at least 4 members (excludes halogenated alkanes) is 1. The SMILES string of the molecule is CCCCOCCC(N)C(C)(C)C. The summed E-state index contributed by atoms with van der Waals surface area (Å²) in [5, 5.41) is 0. The third-order valence-corrected chi connectivity index (χ3v) is 2.33. The normalized spacial score (nSPS) is 14.5. The molecule has 13 heavy (non-hydrogen) atoms. The van der Waals surface area contributed by atoms with Crippen molar-refractivity contribution < 1.29 is 4.74 Å². The Balaban J connectivity index is 3.32. The predicted molar refractivity (Wildman–Crippen MR) is 57.8 cm³/mol. The zero-order chi connectivity index (χ0) is 10.3. The second kappa shape index (κ2) is 6.39. The lowest BCUT2D eigenvalue weighted by Gasteiger charge is -2.26. The van der Waals surface area contributed by atoms with Crippen LogP contribution in [0.2, 0.25) is 0 Å². The van der Waals surface area contributed by atoms with Crippen LogP contribution in [0, 0.1) is 5.41 Å². The summed E-state index contributed by atoms with van der Waals surface area (Å²) in [6.07, 6.45) is 3.32. The van der Waals surface area contributed by atoms with Crippen molar-refractivity contribution in [1.82, 2.24) is 0 Å². The quantitative estimate of drug-likeness (QED) is 0.649. The van der Waals surface area contributed by atoms with Crippen molar-refractivity contribution in [2.45, 2.75) is 53.0 Å². The van der Waals surface area contributed by atoms with E-state index in [1.807, 2.05) is 0 Å². The lowest BCUT2D eigenvalue weighted by atomic mass is 9.86. The van der Waals surface area contributed by atoms with Crippen LogP contribution < -0.4 is 5.73 Å². The van der Waals surface area contributed by atoms with Crippen molar-refractivity contribution in [3.8, 4) is 0 Å². The molecule has 0 aliphatic heterocycles. The molecule has 0 saturated carbocycles. The van der Waals surface area contributed by atoms with E-state index in [4.69, 9.17) is 10.5 Å². The smallest absolute Gasteiger partial charge is 0.0480 e. The fraction of sp³-hybridized carbons (Fsp3) is 1.00. The van der Waals surface area contributed by atoms with Gasteiger partial charge in [-0.15, -0.1) is 0 Å². The number of nitrogens with two attached hydrogens (primary N) is 1. The average molecular weight is 187 g/mol. The maximum absolute atomic E-state index is 5.99. The first-order valence-electron chi connectivity index (χ1n) is 5.31. The van der Waals surface area contributed by atoms with Gasteiger partial charge in [-0.2, -0.15) is 0 Å². The highest BCUT2D eigenvalue weighted by atomic mass is 16.5. The Morgan fingerprint density at radius 3 is 2.31 bits per heavy atom. The van der Waals surface area contributed by atoms with E-state index in [1.54, 1.807) is 0 Å². The molecular formula is C11H25NO. The molecule has 1 atom stereocenters. The first-order chi connectivity index (χ1) is 5.98. The van der Waals surface area contributed by atoms with E-state index < -0.39 is 0 Å². The number of ether oxygens (including phenoxy) is 1. The Morgan fingerprint density at radius 2 is 1.85 bits per heavy atom. The molecule has 0 rings (SSSR count). The van der Waals surface area contributed by atoms with Crippen LogP contribution in [-0.2, 0) is 4.74 Å². The van der Waals surface area contributed by atoms with Gasteiger partial charge in [-0.3, -0.25) is 0 Å². The van der Waals surface area contributed by atoms with Gasteiger partial charge in [0.1, 0.15) is 0 Å². The summed E-state index contributed by atoms with van der Waals surface area (Å²) in [6, 6.07) is 0.245. The largest absolute Gasteiger partial charge is 0.381 e. The Labute approximate surface area is 82.8 Å². The van der Waals surface area contributed by atoms with E-state index in [-0.39, 0.29) is 11.5 Å². The Hall–Kier alpha value is -0.0800. The zero-order valence-corrected chi connectivity index (χ0v) is 9.60.